The summed E-state index contributed by atoms with van der Waals surface area (Å²) in [7, 11) is 0. The number of carbonyl (C=O) groups is 1. The fourth-order valence-electron chi connectivity index (χ4n) is 3.20. The maximum absolute atomic E-state index is 13.1. The second kappa shape index (κ2) is 7.28. The monoisotopic (exact) mass is 418 g/mol. The fraction of sp³-hybridized carbons (Fsp3) is 0.250. The van der Waals surface area contributed by atoms with Crippen LogP contribution in [0.25, 0.3) is 5.57 Å². The van der Waals surface area contributed by atoms with Crippen LogP contribution in [-0.2, 0) is 17.1 Å². The summed E-state index contributed by atoms with van der Waals surface area (Å²) in [6.45, 7) is 0. The Bertz CT molecular complexity index is 893. The van der Waals surface area contributed by atoms with E-state index in [4.69, 9.17) is 11.6 Å². The van der Waals surface area contributed by atoms with Gasteiger partial charge in [0.25, 0.3) is 0 Å². The molecule has 0 saturated carbocycles. The third kappa shape index (κ3) is 4.58. The third-order valence-corrected chi connectivity index (χ3v) is 4.80. The first-order valence-corrected chi connectivity index (χ1v) is 8.60. The summed E-state index contributed by atoms with van der Waals surface area (Å²) in [6.07, 6.45) is -8.49. The van der Waals surface area contributed by atoms with Crippen LogP contribution in [0.2, 0.25) is 5.02 Å². The van der Waals surface area contributed by atoms with Gasteiger partial charge < -0.3 is 0 Å². The Morgan fingerprint density at radius 3 is 1.86 bits per heavy atom. The highest BCUT2D eigenvalue weighted by Gasteiger charge is 2.37. The van der Waals surface area contributed by atoms with Crippen molar-refractivity contribution >= 4 is 23.0 Å². The van der Waals surface area contributed by atoms with Crippen molar-refractivity contribution in [2.75, 3.05) is 0 Å². The first-order chi connectivity index (χ1) is 12.9. The lowest BCUT2D eigenvalue weighted by molar-refractivity contribution is -0.143. The Hall–Kier alpha value is -2.28. The van der Waals surface area contributed by atoms with Gasteiger partial charge >= 0.3 is 12.4 Å². The van der Waals surface area contributed by atoms with E-state index in [1.165, 1.54) is 0 Å². The smallest absolute Gasteiger partial charge is 0.295 e. The zero-order valence-electron chi connectivity index (χ0n) is 14.2. The van der Waals surface area contributed by atoms with Gasteiger partial charge in [-0.3, -0.25) is 4.79 Å². The number of ketones is 1. The van der Waals surface area contributed by atoms with Crippen molar-refractivity contribution in [3.8, 4) is 0 Å². The molecule has 1 nitrogen and oxygen atoms in total. The van der Waals surface area contributed by atoms with Crippen LogP contribution < -0.4 is 0 Å². The van der Waals surface area contributed by atoms with Gasteiger partial charge in [0.1, 0.15) is 0 Å². The molecule has 1 atom stereocenters. The van der Waals surface area contributed by atoms with Crippen LogP contribution >= 0.6 is 11.6 Å². The lowest BCUT2D eigenvalue weighted by Crippen LogP contribution is -2.15. The Kier molecular flexibility index (Phi) is 5.32. The van der Waals surface area contributed by atoms with E-state index in [0.29, 0.717) is 17.2 Å². The quantitative estimate of drug-likeness (QED) is 0.484. The number of halogens is 7. The van der Waals surface area contributed by atoms with Crippen LogP contribution in [0.5, 0.6) is 0 Å². The van der Waals surface area contributed by atoms with Crippen LogP contribution in [0.3, 0.4) is 0 Å². The minimum atomic E-state index is -4.94. The maximum atomic E-state index is 13.1. The van der Waals surface area contributed by atoms with Gasteiger partial charge in [-0.1, -0.05) is 23.7 Å². The second-order valence-corrected chi connectivity index (χ2v) is 7.02. The molecule has 0 saturated heterocycles. The highest BCUT2D eigenvalue weighted by atomic mass is 35.5. The van der Waals surface area contributed by atoms with E-state index in [-0.39, 0.29) is 41.7 Å². The summed E-state index contributed by atoms with van der Waals surface area (Å²) >= 11 is 5.83. The third-order valence-electron chi connectivity index (χ3n) is 4.55. The van der Waals surface area contributed by atoms with E-state index >= 15 is 0 Å². The summed E-state index contributed by atoms with van der Waals surface area (Å²) < 4.78 is 78.6. The van der Waals surface area contributed by atoms with E-state index in [9.17, 15) is 31.1 Å². The number of benzene rings is 2. The fourth-order valence-corrected chi connectivity index (χ4v) is 3.33. The summed E-state index contributed by atoms with van der Waals surface area (Å²) in [4.78, 5) is 12.1. The predicted octanol–water partition coefficient (Wildman–Crippen LogP) is 6.91. The molecule has 0 amide bonds. The molecule has 28 heavy (non-hydrogen) atoms. The minimum Gasteiger partial charge on any atom is -0.295 e. The topological polar surface area (TPSA) is 17.1 Å². The molecule has 2 aromatic rings. The highest BCUT2D eigenvalue weighted by molar-refractivity contribution is 6.30. The van der Waals surface area contributed by atoms with E-state index < -0.39 is 23.5 Å². The second-order valence-electron chi connectivity index (χ2n) is 6.59. The van der Waals surface area contributed by atoms with Crippen LogP contribution in [0.4, 0.5) is 26.3 Å². The van der Waals surface area contributed by atoms with Crippen molar-refractivity contribution in [2.45, 2.75) is 31.1 Å². The molecule has 2 aromatic carbocycles. The molecular formula is C20H13ClF6O. The molecule has 3 rings (SSSR count). The molecule has 0 spiro atoms. The van der Waals surface area contributed by atoms with Gasteiger partial charge in [0, 0.05) is 11.4 Å². The van der Waals surface area contributed by atoms with Crippen LogP contribution in [0.15, 0.2) is 48.5 Å². The van der Waals surface area contributed by atoms with Crippen molar-refractivity contribution in [1.82, 2.24) is 0 Å². The lowest BCUT2D eigenvalue weighted by Gasteiger charge is -2.24. The summed E-state index contributed by atoms with van der Waals surface area (Å²) in [6, 6.07) is 7.99. The molecule has 0 aliphatic heterocycles. The molecule has 0 N–H and O–H groups in total. The molecule has 1 aliphatic rings. The van der Waals surface area contributed by atoms with Crippen molar-refractivity contribution in [3.63, 3.8) is 0 Å². The number of alkyl halides is 6. The highest BCUT2D eigenvalue weighted by Crippen LogP contribution is 2.41. The predicted molar refractivity (Wildman–Crippen MR) is 92.9 cm³/mol. The van der Waals surface area contributed by atoms with Gasteiger partial charge in [-0.15, -0.1) is 0 Å². The molecular weight excluding hydrogens is 406 g/mol. The average Bonchev–Trinajstić information content (AvgIpc) is 2.60. The van der Waals surface area contributed by atoms with Gasteiger partial charge in [-0.25, -0.2) is 0 Å². The molecule has 0 aromatic heterocycles. The van der Waals surface area contributed by atoms with E-state index in [0.717, 1.165) is 11.6 Å². The molecule has 1 aliphatic carbocycles. The van der Waals surface area contributed by atoms with Gasteiger partial charge in [0.2, 0.25) is 0 Å². The standard InChI is InChI=1S/C20H13ClF6O/c21-17-3-1-11(2-4-17)12-5-13(9-18(28)8-12)14-6-15(19(22,23)24)10-16(7-14)20(25,26)27/h1-4,6-7,9-10,12H,5,8H2/t12-/m1/s1. The van der Waals surface area contributed by atoms with Crippen molar-refractivity contribution < 1.29 is 31.1 Å². The summed E-state index contributed by atoms with van der Waals surface area (Å²) in [5.74, 6) is -0.708. The molecule has 0 radical (unpaired) electrons. The van der Waals surface area contributed by atoms with Crippen molar-refractivity contribution in [2.24, 2.45) is 0 Å². The van der Waals surface area contributed by atoms with E-state index in [2.05, 4.69) is 0 Å². The number of rotatable bonds is 2. The number of hydrogen-bond acceptors (Lipinski definition) is 1. The minimum absolute atomic E-state index is 0.0748. The normalized spacial score (nSPS) is 18.2. The van der Waals surface area contributed by atoms with Crippen molar-refractivity contribution in [3.05, 3.63) is 75.8 Å². The SMILES string of the molecule is O=C1C=C(c2cc(C(F)(F)F)cc(C(F)(F)F)c2)C[C@@H](c2ccc(Cl)cc2)C1. The van der Waals surface area contributed by atoms with Crippen molar-refractivity contribution in [1.29, 1.82) is 0 Å². The molecule has 0 fully saturated rings. The van der Waals surface area contributed by atoms with E-state index in [1.807, 2.05) is 0 Å². The molecule has 0 heterocycles. The zero-order valence-corrected chi connectivity index (χ0v) is 14.9. The van der Waals surface area contributed by atoms with Crippen LogP contribution in [0, 0.1) is 0 Å². The average molecular weight is 419 g/mol. The summed E-state index contributed by atoms with van der Waals surface area (Å²) in [5, 5.41) is 0.481. The molecule has 8 heteroatoms. The zero-order chi connectivity index (χ0) is 20.7. The van der Waals surface area contributed by atoms with Crippen LogP contribution in [0.1, 0.15) is 41.0 Å². The lowest BCUT2D eigenvalue weighted by atomic mass is 9.80. The number of allylic oxidation sites excluding steroid dienone is 2. The Morgan fingerprint density at radius 1 is 0.821 bits per heavy atom. The van der Waals surface area contributed by atoms with E-state index in [1.54, 1.807) is 24.3 Å². The summed E-state index contributed by atoms with van der Waals surface area (Å²) in [5.41, 5.74) is -2.17. The number of hydrogen-bond donors (Lipinski definition) is 0. The first-order valence-electron chi connectivity index (χ1n) is 8.22. The largest absolute Gasteiger partial charge is 0.416 e. The first kappa shape index (κ1) is 20.5. The van der Waals surface area contributed by atoms with Gasteiger partial charge in [-0.2, -0.15) is 26.3 Å². The van der Waals surface area contributed by atoms with Gasteiger partial charge in [0.05, 0.1) is 11.1 Å². The van der Waals surface area contributed by atoms with Gasteiger partial charge in [-0.05, 0) is 65.4 Å². The Morgan fingerprint density at radius 2 is 1.36 bits per heavy atom. The van der Waals surface area contributed by atoms with Gasteiger partial charge in [0.15, 0.2) is 5.78 Å². The molecule has 148 valence electrons. The molecule has 0 bridgehead atoms. The Labute approximate surface area is 161 Å². The molecule has 0 unspecified atom stereocenters. The number of carbonyl (C=O) groups excluding carboxylic acids is 1. The van der Waals surface area contributed by atoms with Crippen LogP contribution in [-0.4, -0.2) is 5.78 Å². The Balaban J connectivity index is 2.03. The maximum Gasteiger partial charge on any atom is 0.416 e.